The highest BCUT2D eigenvalue weighted by molar-refractivity contribution is 9.10. The molecular weight excluding hydrogens is 418 g/mol. The van der Waals surface area contributed by atoms with Crippen molar-refractivity contribution in [2.24, 2.45) is 0 Å². The number of benzene rings is 3. The van der Waals surface area contributed by atoms with Crippen LogP contribution in [0.1, 0.15) is 22.8 Å². The third-order valence-electron chi connectivity index (χ3n) is 4.63. The number of ether oxygens (including phenoxy) is 1. The fourth-order valence-corrected chi connectivity index (χ4v) is 3.33. The molecule has 0 aliphatic heterocycles. The molecule has 3 aromatic rings. The molecule has 0 unspecified atom stereocenters. The number of aliphatic hydroxyl groups is 1. The average molecular weight is 440 g/mol. The molecule has 5 heteroatoms. The van der Waals surface area contributed by atoms with Crippen LogP contribution in [-0.4, -0.2) is 24.7 Å². The van der Waals surface area contributed by atoms with Crippen molar-refractivity contribution in [3.05, 3.63) is 88.4 Å². The highest BCUT2D eigenvalue weighted by Crippen LogP contribution is 2.26. The third-order valence-corrected chi connectivity index (χ3v) is 5.32. The maximum atomic E-state index is 12.5. The molecule has 1 amide bonds. The average Bonchev–Trinajstić information content (AvgIpc) is 2.73. The highest BCUT2D eigenvalue weighted by atomic mass is 79.9. The summed E-state index contributed by atoms with van der Waals surface area (Å²) >= 11 is 3.38. The first-order valence-corrected chi connectivity index (χ1v) is 9.70. The number of hydrogen-bond acceptors (Lipinski definition) is 3. The molecule has 3 aromatic carbocycles. The molecule has 0 saturated carbocycles. The summed E-state index contributed by atoms with van der Waals surface area (Å²) in [6.07, 6.45) is 0. The van der Waals surface area contributed by atoms with Crippen molar-refractivity contribution < 1.29 is 14.6 Å². The Bertz CT molecular complexity index is 953. The predicted molar refractivity (Wildman–Crippen MR) is 114 cm³/mol. The van der Waals surface area contributed by atoms with Crippen LogP contribution >= 0.6 is 15.9 Å². The Labute approximate surface area is 173 Å². The van der Waals surface area contributed by atoms with Gasteiger partial charge in [0.1, 0.15) is 11.4 Å². The number of amides is 1. The van der Waals surface area contributed by atoms with Gasteiger partial charge >= 0.3 is 0 Å². The Morgan fingerprint density at radius 2 is 1.68 bits per heavy atom. The van der Waals surface area contributed by atoms with E-state index < -0.39 is 5.60 Å². The fourth-order valence-electron chi connectivity index (χ4n) is 2.91. The molecule has 144 valence electrons. The van der Waals surface area contributed by atoms with Crippen LogP contribution in [0.5, 0.6) is 5.75 Å². The first-order chi connectivity index (χ1) is 13.4. The molecule has 0 radical (unpaired) electrons. The Balaban J connectivity index is 1.71. The molecule has 4 nitrogen and oxygen atoms in total. The Kier molecular flexibility index (Phi) is 6.17. The summed E-state index contributed by atoms with van der Waals surface area (Å²) in [5, 5.41) is 13.7. The van der Waals surface area contributed by atoms with Crippen molar-refractivity contribution in [1.82, 2.24) is 5.32 Å². The van der Waals surface area contributed by atoms with Crippen LogP contribution in [0.4, 0.5) is 0 Å². The minimum atomic E-state index is -1.20. The normalized spacial score (nSPS) is 12.9. The van der Waals surface area contributed by atoms with Crippen molar-refractivity contribution in [1.29, 1.82) is 0 Å². The van der Waals surface area contributed by atoms with E-state index in [1.807, 2.05) is 54.6 Å². The van der Waals surface area contributed by atoms with E-state index in [2.05, 4.69) is 21.2 Å². The molecule has 0 spiro atoms. The summed E-state index contributed by atoms with van der Waals surface area (Å²) in [7, 11) is 1.55. The van der Waals surface area contributed by atoms with Gasteiger partial charge in [-0.05, 0) is 57.7 Å². The molecule has 3 rings (SSSR count). The molecule has 0 aromatic heterocycles. The number of rotatable bonds is 6. The largest absolute Gasteiger partial charge is 0.497 e. The van der Waals surface area contributed by atoms with Gasteiger partial charge in [0, 0.05) is 4.47 Å². The molecule has 0 aliphatic rings. The summed E-state index contributed by atoms with van der Waals surface area (Å²) in [6, 6.07) is 22.9. The van der Waals surface area contributed by atoms with Crippen LogP contribution in [0, 0.1) is 0 Å². The van der Waals surface area contributed by atoms with Crippen molar-refractivity contribution in [2.45, 2.75) is 12.5 Å². The van der Waals surface area contributed by atoms with E-state index >= 15 is 0 Å². The van der Waals surface area contributed by atoms with Crippen LogP contribution in [-0.2, 0) is 5.60 Å². The molecule has 0 saturated heterocycles. The van der Waals surface area contributed by atoms with E-state index in [1.165, 1.54) is 0 Å². The molecule has 0 fully saturated rings. The third kappa shape index (κ3) is 4.61. The standard InChI is InChI=1S/C23H22BrNO3/c1-23(27,15-25-22(26)20-14-19(28-2)12-13-21(20)24)18-10-8-17(9-11-18)16-6-4-3-5-7-16/h3-14,27H,15H2,1-2H3,(H,25,26)/t23-/m1/s1. The highest BCUT2D eigenvalue weighted by Gasteiger charge is 2.24. The first-order valence-electron chi connectivity index (χ1n) is 8.91. The van der Waals surface area contributed by atoms with Crippen molar-refractivity contribution in [2.75, 3.05) is 13.7 Å². The predicted octanol–water partition coefficient (Wildman–Crippen LogP) is 4.76. The van der Waals surface area contributed by atoms with Crippen LogP contribution < -0.4 is 10.1 Å². The summed E-state index contributed by atoms with van der Waals surface area (Å²) < 4.78 is 5.84. The number of halogens is 1. The van der Waals surface area contributed by atoms with Gasteiger partial charge in [0.25, 0.3) is 5.91 Å². The molecular formula is C23H22BrNO3. The van der Waals surface area contributed by atoms with Gasteiger partial charge in [0.05, 0.1) is 19.2 Å². The fraction of sp³-hybridized carbons (Fsp3) is 0.174. The van der Waals surface area contributed by atoms with Crippen LogP contribution in [0.2, 0.25) is 0 Å². The SMILES string of the molecule is COc1ccc(Br)c(C(=O)NC[C@@](C)(O)c2ccc(-c3ccccc3)cc2)c1. The van der Waals surface area contributed by atoms with E-state index in [0.29, 0.717) is 15.8 Å². The molecule has 0 aliphatic carbocycles. The lowest BCUT2D eigenvalue weighted by Crippen LogP contribution is -2.38. The second kappa shape index (κ2) is 8.59. The minimum Gasteiger partial charge on any atom is -0.497 e. The first kappa shape index (κ1) is 20.1. The second-order valence-corrected chi connectivity index (χ2v) is 7.60. The minimum absolute atomic E-state index is 0.0835. The van der Waals surface area contributed by atoms with E-state index in [-0.39, 0.29) is 12.5 Å². The summed E-state index contributed by atoms with van der Waals surface area (Å²) in [5.41, 5.74) is 2.18. The zero-order valence-electron chi connectivity index (χ0n) is 15.8. The number of carbonyl (C=O) groups excluding carboxylic acids is 1. The molecule has 1 atom stereocenters. The Morgan fingerprint density at radius 3 is 2.32 bits per heavy atom. The van der Waals surface area contributed by atoms with Crippen LogP contribution in [0.15, 0.2) is 77.3 Å². The smallest absolute Gasteiger partial charge is 0.252 e. The van der Waals surface area contributed by atoms with E-state index in [0.717, 1.165) is 16.7 Å². The molecule has 28 heavy (non-hydrogen) atoms. The summed E-state index contributed by atoms with van der Waals surface area (Å²) in [6.45, 7) is 1.77. The zero-order chi connectivity index (χ0) is 20.1. The molecule has 0 bridgehead atoms. The van der Waals surface area contributed by atoms with Gasteiger partial charge in [-0.2, -0.15) is 0 Å². The molecule has 0 heterocycles. The number of methoxy groups -OCH3 is 1. The van der Waals surface area contributed by atoms with Gasteiger partial charge in [-0.3, -0.25) is 4.79 Å². The Morgan fingerprint density at radius 1 is 1.04 bits per heavy atom. The Hall–Kier alpha value is -2.63. The number of hydrogen-bond donors (Lipinski definition) is 2. The van der Waals surface area contributed by atoms with Crippen molar-refractivity contribution >= 4 is 21.8 Å². The zero-order valence-corrected chi connectivity index (χ0v) is 17.4. The lowest BCUT2D eigenvalue weighted by molar-refractivity contribution is 0.0526. The topological polar surface area (TPSA) is 58.6 Å². The van der Waals surface area contributed by atoms with Crippen molar-refractivity contribution in [3.63, 3.8) is 0 Å². The lowest BCUT2D eigenvalue weighted by atomic mass is 9.93. The van der Waals surface area contributed by atoms with E-state index in [4.69, 9.17) is 4.74 Å². The number of carbonyl (C=O) groups is 1. The summed E-state index contributed by atoms with van der Waals surface area (Å²) in [5.74, 6) is 0.309. The van der Waals surface area contributed by atoms with Gasteiger partial charge in [-0.1, -0.05) is 54.6 Å². The number of nitrogens with one attached hydrogen (secondary N) is 1. The second-order valence-electron chi connectivity index (χ2n) is 6.75. The lowest BCUT2D eigenvalue weighted by Gasteiger charge is -2.24. The quantitative estimate of drug-likeness (QED) is 0.581. The maximum Gasteiger partial charge on any atom is 0.252 e. The summed E-state index contributed by atoms with van der Waals surface area (Å²) in [4.78, 5) is 12.5. The van der Waals surface area contributed by atoms with E-state index in [9.17, 15) is 9.90 Å². The van der Waals surface area contributed by atoms with E-state index in [1.54, 1.807) is 32.2 Å². The van der Waals surface area contributed by atoms with Gasteiger partial charge in [0.15, 0.2) is 0 Å². The van der Waals surface area contributed by atoms with Gasteiger partial charge in [0.2, 0.25) is 0 Å². The van der Waals surface area contributed by atoms with Gasteiger partial charge in [-0.25, -0.2) is 0 Å². The van der Waals surface area contributed by atoms with Gasteiger partial charge < -0.3 is 15.2 Å². The van der Waals surface area contributed by atoms with Crippen LogP contribution in [0.25, 0.3) is 11.1 Å². The van der Waals surface area contributed by atoms with Crippen molar-refractivity contribution in [3.8, 4) is 16.9 Å². The monoisotopic (exact) mass is 439 g/mol. The van der Waals surface area contributed by atoms with Crippen LogP contribution in [0.3, 0.4) is 0 Å². The van der Waals surface area contributed by atoms with Gasteiger partial charge in [-0.15, -0.1) is 0 Å². The maximum absolute atomic E-state index is 12.5. The molecule has 2 N–H and O–H groups in total.